The smallest absolute Gasteiger partial charge is 0.422 e. The number of halogens is 4. The van der Waals surface area contributed by atoms with Gasteiger partial charge in [0.2, 0.25) is 0 Å². The zero-order chi connectivity index (χ0) is 20.1. The van der Waals surface area contributed by atoms with Crippen molar-refractivity contribution in [3.05, 3.63) is 47.8 Å². The van der Waals surface area contributed by atoms with Crippen LogP contribution in [0.4, 0.5) is 13.2 Å². The first kappa shape index (κ1) is 23.0. The standard InChI is InChI=1S/C19H23F3N4O2.ClH/c1-13(14-4-6-16(7-5-14)28-12-19(20,21)22)24-18(27)17-8-10-26(25-17)15-3-2-9-23-11-15;/h4-8,10,13,15,23H,2-3,9,11-12H2,1H3,(H,24,27);1H. The fourth-order valence-corrected chi connectivity index (χ4v) is 3.09. The first-order valence-corrected chi connectivity index (χ1v) is 9.18. The van der Waals surface area contributed by atoms with E-state index in [1.54, 1.807) is 25.1 Å². The lowest BCUT2D eigenvalue weighted by Crippen LogP contribution is -2.32. The molecule has 0 saturated carbocycles. The van der Waals surface area contributed by atoms with Crippen LogP contribution in [0.1, 0.15) is 47.9 Å². The maximum atomic E-state index is 12.5. The van der Waals surface area contributed by atoms with Crippen LogP contribution in [0.5, 0.6) is 5.75 Å². The van der Waals surface area contributed by atoms with Crippen molar-refractivity contribution < 1.29 is 22.7 Å². The first-order chi connectivity index (χ1) is 13.3. The minimum Gasteiger partial charge on any atom is -0.484 e. The summed E-state index contributed by atoms with van der Waals surface area (Å²) < 4.78 is 43.1. The van der Waals surface area contributed by atoms with Gasteiger partial charge in [-0.3, -0.25) is 9.48 Å². The van der Waals surface area contributed by atoms with Gasteiger partial charge in [0.05, 0.1) is 12.1 Å². The predicted molar refractivity (Wildman–Crippen MR) is 104 cm³/mol. The molecule has 3 rings (SSSR count). The van der Waals surface area contributed by atoms with Gasteiger partial charge >= 0.3 is 6.18 Å². The summed E-state index contributed by atoms with van der Waals surface area (Å²) in [7, 11) is 0. The molecule has 2 heterocycles. The second kappa shape index (κ2) is 9.98. The maximum absolute atomic E-state index is 12.5. The quantitative estimate of drug-likeness (QED) is 0.731. The number of hydrogen-bond donors (Lipinski definition) is 2. The minimum absolute atomic E-state index is 0. The van der Waals surface area contributed by atoms with Crippen molar-refractivity contribution >= 4 is 18.3 Å². The highest BCUT2D eigenvalue weighted by Gasteiger charge is 2.28. The van der Waals surface area contributed by atoms with Gasteiger partial charge in [0, 0.05) is 12.7 Å². The molecule has 2 atom stereocenters. The molecular formula is C19H24ClF3N4O2. The molecule has 0 radical (unpaired) electrons. The SMILES string of the molecule is CC(NC(=O)c1ccn(C2CCCNC2)n1)c1ccc(OCC(F)(F)F)cc1.Cl. The van der Waals surface area contributed by atoms with Crippen LogP contribution in [0.25, 0.3) is 0 Å². The lowest BCUT2D eigenvalue weighted by atomic mass is 10.1. The van der Waals surface area contributed by atoms with Crippen molar-refractivity contribution in [2.45, 2.75) is 38.0 Å². The molecule has 10 heteroatoms. The highest BCUT2D eigenvalue weighted by molar-refractivity contribution is 5.92. The van der Waals surface area contributed by atoms with Crippen molar-refractivity contribution in [3.63, 3.8) is 0 Å². The lowest BCUT2D eigenvalue weighted by Gasteiger charge is -2.22. The molecule has 160 valence electrons. The Morgan fingerprint density at radius 3 is 2.69 bits per heavy atom. The minimum atomic E-state index is -4.38. The fourth-order valence-electron chi connectivity index (χ4n) is 3.09. The van der Waals surface area contributed by atoms with Crippen LogP contribution in [-0.4, -0.2) is 41.6 Å². The molecule has 1 aliphatic rings. The number of carbonyl (C=O) groups is 1. The van der Waals surface area contributed by atoms with Gasteiger partial charge in [-0.05, 0) is 50.1 Å². The second-order valence-corrected chi connectivity index (χ2v) is 6.85. The highest BCUT2D eigenvalue weighted by atomic mass is 35.5. The second-order valence-electron chi connectivity index (χ2n) is 6.85. The maximum Gasteiger partial charge on any atom is 0.422 e. The molecule has 2 N–H and O–H groups in total. The third-order valence-corrected chi connectivity index (χ3v) is 4.62. The van der Waals surface area contributed by atoms with Crippen LogP contribution in [0.3, 0.4) is 0 Å². The van der Waals surface area contributed by atoms with Crippen molar-refractivity contribution in [1.82, 2.24) is 20.4 Å². The number of rotatable bonds is 6. The Kier molecular flexibility index (Phi) is 7.92. The molecule has 1 fully saturated rings. The normalized spacial score (nSPS) is 17.9. The number of ether oxygens (including phenoxy) is 1. The Morgan fingerprint density at radius 2 is 2.07 bits per heavy atom. The highest BCUT2D eigenvalue weighted by Crippen LogP contribution is 2.21. The van der Waals surface area contributed by atoms with Gasteiger partial charge in [-0.1, -0.05) is 12.1 Å². The number of alkyl halides is 3. The van der Waals surface area contributed by atoms with Crippen molar-refractivity contribution in [2.24, 2.45) is 0 Å². The van der Waals surface area contributed by atoms with E-state index in [1.807, 2.05) is 10.9 Å². The number of amides is 1. The Labute approximate surface area is 173 Å². The van der Waals surface area contributed by atoms with Crippen LogP contribution in [0.2, 0.25) is 0 Å². The number of piperidine rings is 1. The van der Waals surface area contributed by atoms with E-state index < -0.39 is 12.8 Å². The van der Waals surface area contributed by atoms with Crippen LogP contribution < -0.4 is 15.4 Å². The zero-order valence-corrected chi connectivity index (χ0v) is 16.7. The predicted octanol–water partition coefficient (Wildman–Crippen LogP) is 3.66. The van der Waals surface area contributed by atoms with Crippen molar-refractivity contribution in [2.75, 3.05) is 19.7 Å². The van der Waals surface area contributed by atoms with E-state index in [9.17, 15) is 18.0 Å². The van der Waals surface area contributed by atoms with Gasteiger partial charge in [-0.15, -0.1) is 12.4 Å². The number of carbonyl (C=O) groups excluding carboxylic acids is 1. The summed E-state index contributed by atoms with van der Waals surface area (Å²) in [6.45, 7) is 2.30. The molecule has 1 aromatic carbocycles. The largest absolute Gasteiger partial charge is 0.484 e. The number of benzene rings is 1. The molecule has 1 saturated heterocycles. The van der Waals surface area contributed by atoms with Crippen molar-refractivity contribution in [1.29, 1.82) is 0 Å². The summed E-state index contributed by atoms with van der Waals surface area (Å²) >= 11 is 0. The van der Waals surface area contributed by atoms with Crippen LogP contribution in [-0.2, 0) is 0 Å². The number of aromatic nitrogens is 2. The topological polar surface area (TPSA) is 68.2 Å². The van der Waals surface area contributed by atoms with Gasteiger partial charge in [-0.25, -0.2) is 0 Å². The van der Waals surface area contributed by atoms with Gasteiger partial charge in [0.15, 0.2) is 6.61 Å². The van der Waals surface area contributed by atoms with E-state index in [2.05, 4.69) is 20.5 Å². The Balaban J connectivity index is 0.00000300. The van der Waals surface area contributed by atoms with E-state index in [4.69, 9.17) is 0 Å². The summed E-state index contributed by atoms with van der Waals surface area (Å²) in [6, 6.07) is 7.77. The van der Waals surface area contributed by atoms with Gasteiger partial charge in [0.1, 0.15) is 11.4 Å². The average Bonchev–Trinajstić information content (AvgIpc) is 3.17. The monoisotopic (exact) mass is 432 g/mol. The van der Waals surface area contributed by atoms with E-state index in [0.29, 0.717) is 5.69 Å². The van der Waals surface area contributed by atoms with Crippen LogP contribution in [0.15, 0.2) is 36.5 Å². The van der Waals surface area contributed by atoms with Gasteiger partial charge in [0.25, 0.3) is 5.91 Å². The van der Waals surface area contributed by atoms with Gasteiger partial charge in [-0.2, -0.15) is 18.3 Å². The van der Waals surface area contributed by atoms with E-state index in [-0.39, 0.29) is 36.1 Å². The summed E-state index contributed by atoms with van der Waals surface area (Å²) in [4.78, 5) is 12.5. The summed E-state index contributed by atoms with van der Waals surface area (Å²) in [5.74, 6) is -0.174. The van der Waals surface area contributed by atoms with Gasteiger partial charge < -0.3 is 15.4 Å². The number of hydrogen-bond acceptors (Lipinski definition) is 4. The molecule has 0 bridgehead atoms. The first-order valence-electron chi connectivity index (χ1n) is 9.18. The van der Waals surface area contributed by atoms with Crippen LogP contribution in [0, 0.1) is 0 Å². The molecule has 0 aliphatic carbocycles. The van der Waals surface area contributed by atoms with Crippen LogP contribution >= 0.6 is 12.4 Å². The van der Waals surface area contributed by atoms with Crippen molar-refractivity contribution in [3.8, 4) is 5.75 Å². The Bertz CT molecular complexity index is 789. The molecule has 1 aromatic heterocycles. The molecule has 2 aromatic rings. The number of nitrogens with one attached hydrogen (secondary N) is 2. The molecule has 0 spiro atoms. The van der Waals surface area contributed by atoms with E-state index in [0.717, 1.165) is 31.5 Å². The summed E-state index contributed by atoms with van der Waals surface area (Å²) in [6.07, 6.45) is -0.471. The lowest BCUT2D eigenvalue weighted by molar-refractivity contribution is -0.153. The van der Waals surface area contributed by atoms with E-state index in [1.165, 1.54) is 12.1 Å². The Hall–Kier alpha value is -2.26. The molecule has 2 unspecified atom stereocenters. The summed E-state index contributed by atoms with van der Waals surface area (Å²) in [5, 5.41) is 10.5. The zero-order valence-electron chi connectivity index (χ0n) is 15.9. The Morgan fingerprint density at radius 1 is 1.34 bits per heavy atom. The number of nitrogens with zero attached hydrogens (tertiary/aromatic N) is 2. The molecule has 6 nitrogen and oxygen atoms in total. The molecule has 1 aliphatic heterocycles. The third kappa shape index (κ3) is 6.64. The molecule has 1 amide bonds. The fraction of sp³-hybridized carbons (Fsp3) is 0.474. The molecule has 29 heavy (non-hydrogen) atoms. The third-order valence-electron chi connectivity index (χ3n) is 4.62. The van der Waals surface area contributed by atoms with E-state index >= 15 is 0 Å². The summed E-state index contributed by atoms with van der Waals surface area (Å²) in [5.41, 5.74) is 1.09. The average molecular weight is 433 g/mol. The molecular weight excluding hydrogens is 409 g/mol.